The zero-order chi connectivity index (χ0) is 20.6. The van der Waals surface area contributed by atoms with Crippen molar-refractivity contribution >= 4 is 10.0 Å². The number of rotatable bonds is 4. The maximum atomic E-state index is 13.1. The number of fused-ring (bicyclic) bond motifs is 1. The van der Waals surface area contributed by atoms with E-state index in [1.807, 2.05) is 31.2 Å². The molecule has 4 rings (SSSR count). The molecule has 8 heteroatoms. The van der Waals surface area contributed by atoms with Crippen LogP contribution in [0.2, 0.25) is 0 Å². The molecule has 6 nitrogen and oxygen atoms in total. The topological polar surface area (TPSA) is 83.1 Å². The van der Waals surface area contributed by atoms with Crippen LogP contribution in [0.25, 0.3) is 0 Å². The number of aryl methyl sites for hydroxylation is 1. The molecule has 150 valence electrons. The van der Waals surface area contributed by atoms with E-state index in [-0.39, 0.29) is 23.5 Å². The lowest BCUT2D eigenvalue weighted by Gasteiger charge is -2.27. The molecule has 1 N–H and O–H groups in total. The molecule has 3 aromatic rings. The molecule has 0 atom stereocenters. The van der Waals surface area contributed by atoms with Crippen molar-refractivity contribution in [2.24, 2.45) is 0 Å². The Hall–Kier alpha value is -2.84. The van der Waals surface area contributed by atoms with E-state index < -0.39 is 15.8 Å². The van der Waals surface area contributed by atoms with Crippen LogP contribution in [0.1, 0.15) is 28.2 Å². The first-order valence-electron chi connectivity index (χ1n) is 9.25. The fraction of sp³-hybridized carbons (Fsp3) is 0.238. The number of aromatic nitrogens is 2. The predicted octanol–water partition coefficient (Wildman–Crippen LogP) is 2.56. The number of hydrogen-bond donors (Lipinski definition) is 1. The van der Waals surface area contributed by atoms with Crippen LogP contribution in [0.15, 0.2) is 58.2 Å². The Labute approximate surface area is 168 Å². The van der Waals surface area contributed by atoms with Crippen molar-refractivity contribution in [3.05, 3.63) is 92.9 Å². The monoisotopic (exact) mass is 413 g/mol. The molecule has 1 aliphatic heterocycles. The van der Waals surface area contributed by atoms with E-state index in [0.29, 0.717) is 29.9 Å². The number of nitrogens with one attached hydrogen (secondary N) is 1. The standard InChI is InChI=1S/C21H20FN3O3S/c1-14-2-4-15(5-3-14)12-20-23-19-10-11-25(13-18(19)21(26)24-20)29(27,28)17-8-6-16(22)7-9-17/h2-9H,10-13H2,1H3,(H,23,24,26). The van der Waals surface area contributed by atoms with E-state index in [2.05, 4.69) is 9.97 Å². The largest absolute Gasteiger partial charge is 0.310 e. The molecule has 1 aromatic heterocycles. The van der Waals surface area contributed by atoms with Crippen molar-refractivity contribution in [1.82, 2.24) is 14.3 Å². The normalized spacial score (nSPS) is 14.6. The van der Waals surface area contributed by atoms with Gasteiger partial charge < -0.3 is 4.98 Å². The maximum absolute atomic E-state index is 13.1. The van der Waals surface area contributed by atoms with Crippen molar-refractivity contribution < 1.29 is 12.8 Å². The average Bonchev–Trinajstić information content (AvgIpc) is 2.70. The van der Waals surface area contributed by atoms with E-state index in [1.165, 1.54) is 16.4 Å². The first kappa shape index (κ1) is 19.5. The quantitative estimate of drug-likeness (QED) is 0.713. The lowest BCUT2D eigenvalue weighted by molar-refractivity contribution is 0.384. The van der Waals surface area contributed by atoms with Gasteiger partial charge in [0, 0.05) is 25.9 Å². The van der Waals surface area contributed by atoms with Gasteiger partial charge in [-0.1, -0.05) is 29.8 Å². The van der Waals surface area contributed by atoms with Gasteiger partial charge >= 0.3 is 0 Å². The molecule has 0 unspecified atom stereocenters. The van der Waals surface area contributed by atoms with Gasteiger partial charge in [0.1, 0.15) is 11.6 Å². The van der Waals surface area contributed by atoms with Gasteiger partial charge in [-0.3, -0.25) is 4.79 Å². The zero-order valence-electron chi connectivity index (χ0n) is 15.9. The Bertz CT molecular complexity index is 1200. The van der Waals surface area contributed by atoms with Crippen LogP contribution >= 0.6 is 0 Å². The molecule has 0 saturated carbocycles. The summed E-state index contributed by atoms with van der Waals surface area (Å²) in [7, 11) is -3.81. The van der Waals surface area contributed by atoms with Crippen molar-refractivity contribution in [1.29, 1.82) is 0 Å². The van der Waals surface area contributed by atoms with E-state index in [4.69, 9.17) is 0 Å². The lowest BCUT2D eigenvalue weighted by atomic mass is 10.1. The molecule has 0 radical (unpaired) electrons. The molecule has 0 bridgehead atoms. The third-order valence-electron chi connectivity index (χ3n) is 5.03. The lowest BCUT2D eigenvalue weighted by Crippen LogP contribution is -2.39. The number of aromatic amines is 1. The van der Waals surface area contributed by atoms with Gasteiger partial charge in [0.25, 0.3) is 5.56 Å². The second-order valence-electron chi connectivity index (χ2n) is 7.14. The summed E-state index contributed by atoms with van der Waals surface area (Å²) in [5, 5.41) is 0. The molecule has 0 spiro atoms. The fourth-order valence-electron chi connectivity index (χ4n) is 3.40. The number of sulfonamides is 1. The minimum absolute atomic E-state index is 0.00253. The van der Waals surface area contributed by atoms with Crippen LogP contribution in [0.4, 0.5) is 4.39 Å². The van der Waals surface area contributed by atoms with Crippen LogP contribution < -0.4 is 5.56 Å². The zero-order valence-corrected chi connectivity index (χ0v) is 16.7. The van der Waals surface area contributed by atoms with Crippen molar-refractivity contribution in [2.75, 3.05) is 6.54 Å². The highest BCUT2D eigenvalue weighted by Crippen LogP contribution is 2.23. The summed E-state index contributed by atoms with van der Waals surface area (Å²) >= 11 is 0. The van der Waals surface area contributed by atoms with Gasteiger partial charge in [-0.05, 0) is 36.8 Å². The summed E-state index contributed by atoms with van der Waals surface area (Å²) in [6, 6.07) is 12.7. The van der Waals surface area contributed by atoms with Crippen molar-refractivity contribution in [3.63, 3.8) is 0 Å². The second kappa shape index (κ2) is 7.53. The third-order valence-corrected chi connectivity index (χ3v) is 6.89. The van der Waals surface area contributed by atoms with E-state index >= 15 is 0 Å². The smallest absolute Gasteiger partial charge is 0.255 e. The van der Waals surface area contributed by atoms with Gasteiger partial charge in [0.05, 0.1) is 16.2 Å². The Morgan fingerprint density at radius 3 is 2.48 bits per heavy atom. The SMILES string of the molecule is Cc1ccc(Cc2nc3c(c(=O)[nH]2)CN(S(=O)(=O)c2ccc(F)cc2)CC3)cc1. The molecule has 29 heavy (non-hydrogen) atoms. The minimum atomic E-state index is -3.81. The van der Waals surface area contributed by atoms with Crippen LogP contribution in [0.5, 0.6) is 0 Å². The van der Waals surface area contributed by atoms with Gasteiger partial charge in [0.2, 0.25) is 10.0 Å². The fourth-order valence-corrected chi connectivity index (χ4v) is 4.80. The van der Waals surface area contributed by atoms with Crippen molar-refractivity contribution in [3.8, 4) is 0 Å². The predicted molar refractivity (Wildman–Crippen MR) is 107 cm³/mol. The van der Waals surface area contributed by atoms with Gasteiger partial charge in [0.15, 0.2) is 0 Å². The second-order valence-corrected chi connectivity index (χ2v) is 9.08. The Balaban J connectivity index is 1.59. The van der Waals surface area contributed by atoms with Crippen LogP contribution in [-0.4, -0.2) is 29.2 Å². The van der Waals surface area contributed by atoms with Crippen LogP contribution in [0.3, 0.4) is 0 Å². The Morgan fingerprint density at radius 1 is 1.10 bits per heavy atom. The first-order valence-corrected chi connectivity index (χ1v) is 10.7. The molecule has 0 aliphatic carbocycles. The van der Waals surface area contributed by atoms with Crippen LogP contribution in [-0.2, 0) is 29.4 Å². The molecule has 1 aliphatic rings. The van der Waals surface area contributed by atoms with E-state index in [1.54, 1.807) is 0 Å². The Kier molecular flexibility index (Phi) is 5.06. The van der Waals surface area contributed by atoms with Gasteiger partial charge in [-0.2, -0.15) is 4.31 Å². The first-order chi connectivity index (χ1) is 13.8. The highest BCUT2D eigenvalue weighted by molar-refractivity contribution is 7.89. The van der Waals surface area contributed by atoms with E-state index in [0.717, 1.165) is 23.3 Å². The highest BCUT2D eigenvalue weighted by atomic mass is 32.2. The highest BCUT2D eigenvalue weighted by Gasteiger charge is 2.30. The molecule has 0 fully saturated rings. The van der Waals surface area contributed by atoms with Crippen LogP contribution in [0, 0.1) is 12.7 Å². The number of hydrogen-bond acceptors (Lipinski definition) is 4. The Morgan fingerprint density at radius 2 is 1.79 bits per heavy atom. The molecule has 0 amide bonds. The summed E-state index contributed by atoms with van der Waals surface area (Å²) < 4.78 is 40.0. The van der Waals surface area contributed by atoms with Crippen molar-refractivity contribution in [2.45, 2.75) is 31.2 Å². The average molecular weight is 413 g/mol. The number of halogens is 1. The minimum Gasteiger partial charge on any atom is -0.310 e. The summed E-state index contributed by atoms with van der Waals surface area (Å²) in [5.74, 6) is 0.0575. The van der Waals surface area contributed by atoms with E-state index in [9.17, 15) is 17.6 Å². The molecular weight excluding hydrogens is 393 g/mol. The molecular formula is C21H20FN3O3S. The third kappa shape index (κ3) is 3.99. The van der Waals surface area contributed by atoms with Gasteiger partial charge in [-0.15, -0.1) is 0 Å². The molecule has 2 heterocycles. The van der Waals surface area contributed by atoms with Gasteiger partial charge in [-0.25, -0.2) is 17.8 Å². The summed E-state index contributed by atoms with van der Waals surface area (Å²) in [6.07, 6.45) is 0.848. The number of benzene rings is 2. The molecule has 0 saturated heterocycles. The number of nitrogens with zero attached hydrogens (tertiary/aromatic N) is 2. The maximum Gasteiger partial charge on any atom is 0.255 e. The molecule has 2 aromatic carbocycles. The number of H-pyrrole nitrogens is 1. The summed E-state index contributed by atoms with van der Waals surface area (Å²) in [5.41, 5.74) is 2.85. The summed E-state index contributed by atoms with van der Waals surface area (Å²) in [6.45, 7) is 2.17. The summed E-state index contributed by atoms with van der Waals surface area (Å²) in [4.78, 5) is 20.0.